The first kappa shape index (κ1) is 16.5. The van der Waals surface area contributed by atoms with Gasteiger partial charge in [0.05, 0.1) is 0 Å². The zero-order valence-corrected chi connectivity index (χ0v) is 14.2. The molecule has 0 fully saturated rings. The Labute approximate surface area is 146 Å². The van der Waals surface area contributed by atoms with E-state index in [1.165, 1.54) is 0 Å². The molecule has 1 aliphatic heterocycles. The largest absolute Gasteiger partial charge is 0.350 e. The van der Waals surface area contributed by atoms with E-state index in [0.717, 1.165) is 11.1 Å². The lowest BCUT2D eigenvalue weighted by molar-refractivity contribution is -0.126. The molecule has 0 spiro atoms. The molecule has 0 bridgehead atoms. The molecule has 1 unspecified atom stereocenters. The Kier molecular flexibility index (Phi) is 4.86. The average Bonchev–Trinajstić information content (AvgIpc) is 2.61. The zero-order valence-electron chi connectivity index (χ0n) is 13.5. The number of nitrogens with zero attached hydrogens (tertiary/aromatic N) is 1. The van der Waals surface area contributed by atoms with Crippen molar-refractivity contribution in [2.75, 3.05) is 6.54 Å². The van der Waals surface area contributed by atoms with Crippen LogP contribution in [-0.4, -0.2) is 29.3 Å². The van der Waals surface area contributed by atoms with Gasteiger partial charge in [0, 0.05) is 30.1 Å². The highest BCUT2D eigenvalue weighted by Gasteiger charge is 2.35. The van der Waals surface area contributed by atoms with Crippen LogP contribution in [0, 0.1) is 0 Å². The summed E-state index contributed by atoms with van der Waals surface area (Å²) in [6.07, 6.45) is 0.544. The lowest BCUT2D eigenvalue weighted by atomic mass is 9.93. The average molecular weight is 343 g/mol. The Bertz CT molecular complexity index is 758. The summed E-state index contributed by atoms with van der Waals surface area (Å²) in [4.78, 5) is 26.9. The summed E-state index contributed by atoms with van der Waals surface area (Å²) in [5, 5.41) is 3.59. The van der Waals surface area contributed by atoms with Gasteiger partial charge in [-0.25, -0.2) is 0 Å². The number of carbonyl (C=O) groups is 2. The van der Waals surface area contributed by atoms with Gasteiger partial charge in [0.2, 0.25) is 5.91 Å². The van der Waals surface area contributed by atoms with E-state index in [1.54, 1.807) is 17.0 Å². The number of fused-ring (bicyclic) bond motifs is 1. The van der Waals surface area contributed by atoms with Crippen LogP contribution in [0.4, 0.5) is 0 Å². The molecular weight excluding hydrogens is 324 g/mol. The van der Waals surface area contributed by atoms with Crippen molar-refractivity contribution in [2.45, 2.75) is 25.9 Å². The molecule has 0 aliphatic carbocycles. The van der Waals surface area contributed by atoms with Crippen LogP contribution in [0.25, 0.3) is 0 Å². The van der Waals surface area contributed by atoms with Crippen LogP contribution in [0.15, 0.2) is 48.5 Å². The molecule has 0 saturated heterocycles. The van der Waals surface area contributed by atoms with Crippen LogP contribution in [0.2, 0.25) is 5.02 Å². The van der Waals surface area contributed by atoms with E-state index in [1.807, 2.05) is 43.3 Å². The third-order valence-corrected chi connectivity index (χ3v) is 4.57. The summed E-state index contributed by atoms with van der Waals surface area (Å²) < 4.78 is 0. The van der Waals surface area contributed by atoms with E-state index in [4.69, 9.17) is 11.6 Å². The Morgan fingerprint density at radius 3 is 2.62 bits per heavy atom. The SMILES string of the molecule is CCN1C(=O)c2ccccc2CC1C(=O)NCc1ccc(Cl)cc1. The van der Waals surface area contributed by atoms with Gasteiger partial charge in [-0.1, -0.05) is 41.9 Å². The molecule has 1 heterocycles. The number of nitrogens with one attached hydrogen (secondary N) is 1. The number of rotatable bonds is 4. The molecule has 1 aliphatic rings. The molecule has 5 heteroatoms. The Morgan fingerprint density at radius 2 is 1.92 bits per heavy atom. The second kappa shape index (κ2) is 7.05. The van der Waals surface area contributed by atoms with Gasteiger partial charge >= 0.3 is 0 Å². The summed E-state index contributed by atoms with van der Waals surface area (Å²) in [6.45, 7) is 2.82. The van der Waals surface area contributed by atoms with Gasteiger partial charge in [-0.05, 0) is 36.2 Å². The van der Waals surface area contributed by atoms with E-state index >= 15 is 0 Å². The van der Waals surface area contributed by atoms with E-state index in [-0.39, 0.29) is 11.8 Å². The molecule has 4 nitrogen and oxygen atoms in total. The summed E-state index contributed by atoms with van der Waals surface area (Å²) in [7, 11) is 0. The lowest BCUT2D eigenvalue weighted by Crippen LogP contribution is -2.53. The number of amides is 2. The first-order chi connectivity index (χ1) is 11.6. The summed E-state index contributed by atoms with van der Waals surface area (Å²) >= 11 is 5.87. The van der Waals surface area contributed by atoms with Crippen LogP contribution in [0.3, 0.4) is 0 Å². The zero-order chi connectivity index (χ0) is 17.1. The van der Waals surface area contributed by atoms with Gasteiger partial charge in [0.25, 0.3) is 5.91 Å². The number of likely N-dealkylation sites (N-methyl/N-ethyl adjacent to an activating group) is 1. The van der Waals surface area contributed by atoms with Crippen molar-refractivity contribution in [3.05, 3.63) is 70.2 Å². The van der Waals surface area contributed by atoms with Crippen LogP contribution in [0.1, 0.15) is 28.4 Å². The standard InChI is InChI=1S/C19H19ClN2O2/c1-2-22-17(11-14-5-3-4-6-16(14)19(22)24)18(23)21-12-13-7-9-15(20)10-8-13/h3-10,17H,2,11-12H2,1H3,(H,21,23). The molecule has 2 aromatic rings. The van der Waals surface area contributed by atoms with E-state index in [9.17, 15) is 9.59 Å². The van der Waals surface area contributed by atoms with Crippen molar-refractivity contribution >= 4 is 23.4 Å². The molecule has 2 amide bonds. The maximum absolute atomic E-state index is 12.6. The molecule has 0 saturated carbocycles. The second-order valence-electron chi connectivity index (χ2n) is 5.81. The number of hydrogen-bond donors (Lipinski definition) is 1. The maximum atomic E-state index is 12.6. The Hall–Kier alpha value is -2.33. The van der Waals surface area contributed by atoms with Crippen molar-refractivity contribution in [2.24, 2.45) is 0 Å². The van der Waals surface area contributed by atoms with E-state index in [2.05, 4.69) is 5.32 Å². The fourth-order valence-corrected chi connectivity index (χ4v) is 3.16. The molecular formula is C19H19ClN2O2. The highest BCUT2D eigenvalue weighted by Crippen LogP contribution is 2.23. The molecule has 0 radical (unpaired) electrons. The molecule has 3 rings (SSSR count). The molecule has 1 atom stereocenters. The number of carbonyl (C=O) groups excluding carboxylic acids is 2. The molecule has 0 aromatic heterocycles. The normalized spacial score (nSPS) is 16.7. The summed E-state index contributed by atoms with van der Waals surface area (Å²) in [5.41, 5.74) is 2.60. The predicted octanol–water partition coefficient (Wildman–Crippen LogP) is 3.04. The highest BCUT2D eigenvalue weighted by atomic mass is 35.5. The van der Waals surface area contributed by atoms with Gasteiger partial charge in [0.1, 0.15) is 6.04 Å². The number of benzene rings is 2. The predicted molar refractivity (Wildman–Crippen MR) is 93.9 cm³/mol. The van der Waals surface area contributed by atoms with Gasteiger partial charge in [-0.2, -0.15) is 0 Å². The van der Waals surface area contributed by atoms with Gasteiger partial charge in [0.15, 0.2) is 0 Å². The second-order valence-corrected chi connectivity index (χ2v) is 6.25. The first-order valence-corrected chi connectivity index (χ1v) is 8.39. The highest BCUT2D eigenvalue weighted by molar-refractivity contribution is 6.30. The third kappa shape index (κ3) is 3.29. The van der Waals surface area contributed by atoms with E-state index in [0.29, 0.717) is 30.1 Å². The van der Waals surface area contributed by atoms with Crippen LogP contribution >= 0.6 is 11.6 Å². The van der Waals surface area contributed by atoms with E-state index < -0.39 is 6.04 Å². The van der Waals surface area contributed by atoms with Crippen molar-refractivity contribution in [1.82, 2.24) is 10.2 Å². The Balaban J connectivity index is 1.74. The fourth-order valence-electron chi connectivity index (χ4n) is 3.03. The van der Waals surface area contributed by atoms with Crippen LogP contribution < -0.4 is 5.32 Å². The topological polar surface area (TPSA) is 49.4 Å². The van der Waals surface area contributed by atoms with Crippen molar-refractivity contribution < 1.29 is 9.59 Å². The molecule has 24 heavy (non-hydrogen) atoms. The molecule has 124 valence electrons. The van der Waals surface area contributed by atoms with Crippen molar-refractivity contribution in [3.8, 4) is 0 Å². The van der Waals surface area contributed by atoms with Crippen molar-refractivity contribution in [3.63, 3.8) is 0 Å². The number of hydrogen-bond acceptors (Lipinski definition) is 2. The summed E-state index contributed by atoms with van der Waals surface area (Å²) in [6, 6.07) is 14.4. The van der Waals surface area contributed by atoms with Crippen LogP contribution in [-0.2, 0) is 17.8 Å². The summed E-state index contributed by atoms with van der Waals surface area (Å²) in [5.74, 6) is -0.208. The van der Waals surface area contributed by atoms with Gasteiger partial charge < -0.3 is 10.2 Å². The lowest BCUT2D eigenvalue weighted by Gasteiger charge is -2.35. The molecule has 1 N–H and O–H groups in total. The van der Waals surface area contributed by atoms with Crippen LogP contribution in [0.5, 0.6) is 0 Å². The van der Waals surface area contributed by atoms with Gasteiger partial charge in [-0.15, -0.1) is 0 Å². The number of halogens is 1. The van der Waals surface area contributed by atoms with Gasteiger partial charge in [-0.3, -0.25) is 9.59 Å². The molecule has 2 aromatic carbocycles. The maximum Gasteiger partial charge on any atom is 0.254 e. The van der Waals surface area contributed by atoms with Crippen molar-refractivity contribution in [1.29, 1.82) is 0 Å². The first-order valence-electron chi connectivity index (χ1n) is 8.01. The minimum Gasteiger partial charge on any atom is -0.350 e. The smallest absolute Gasteiger partial charge is 0.254 e. The fraction of sp³-hybridized carbons (Fsp3) is 0.263. The third-order valence-electron chi connectivity index (χ3n) is 4.32. The monoisotopic (exact) mass is 342 g/mol. The minimum atomic E-state index is -0.468. The minimum absolute atomic E-state index is 0.0778. The quantitative estimate of drug-likeness (QED) is 0.928. The Morgan fingerprint density at radius 1 is 1.21 bits per heavy atom.